The van der Waals surface area contributed by atoms with Crippen molar-refractivity contribution in [2.75, 3.05) is 0 Å². The van der Waals surface area contributed by atoms with Gasteiger partial charge in [0.05, 0.1) is 5.02 Å². The third kappa shape index (κ3) is 1.70. The monoisotopic (exact) mass is 173 g/mol. The number of nitrogens with two attached hydrogens (primary N) is 1. The maximum atomic E-state index is 12.8. The van der Waals surface area contributed by atoms with Gasteiger partial charge in [-0.15, -0.1) is 0 Å². The summed E-state index contributed by atoms with van der Waals surface area (Å²) in [6.07, 6.45) is 0. The summed E-state index contributed by atoms with van der Waals surface area (Å²) in [5.41, 5.74) is 6.18. The highest BCUT2D eigenvalue weighted by molar-refractivity contribution is 6.31. The first kappa shape index (κ1) is 8.50. The minimum absolute atomic E-state index is 0.127. The van der Waals surface area contributed by atoms with Crippen molar-refractivity contribution >= 4 is 11.6 Å². The normalized spacial score (nSPS) is 13.1. The molecule has 0 aromatic heterocycles. The van der Waals surface area contributed by atoms with Crippen LogP contribution in [0.25, 0.3) is 0 Å². The molecule has 0 unspecified atom stereocenters. The SMILES string of the molecule is C[C@@H](N)c1cccc(F)c1Cl. The first-order chi connectivity index (χ1) is 5.13. The Morgan fingerprint density at radius 3 is 2.64 bits per heavy atom. The molecule has 0 radical (unpaired) electrons. The largest absolute Gasteiger partial charge is 0.324 e. The van der Waals surface area contributed by atoms with Crippen LogP contribution in [0.1, 0.15) is 18.5 Å². The van der Waals surface area contributed by atoms with Crippen molar-refractivity contribution in [2.24, 2.45) is 5.73 Å². The second-order valence-electron chi connectivity index (χ2n) is 2.43. The molecule has 1 rings (SSSR count). The number of benzene rings is 1. The van der Waals surface area contributed by atoms with Crippen LogP contribution < -0.4 is 5.73 Å². The van der Waals surface area contributed by atoms with E-state index in [-0.39, 0.29) is 11.1 Å². The van der Waals surface area contributed by atoms with Gasteiger partial charge in [0.15, 0.2) is 0 Å². The Morgan fingerprint density at radius 2 is 2.18 bits per heavy atom. The van der Waals surface area contributed by atoms with E-state index in [1.807, 2.05) is 0 Å². The molecule has 11 heavy (non-hydrogen) atoms. The lowest BCUT2D eigenvalue weighted by molar-refractivity contribution is 0.623. The van der Waals surface area contributed by atoms with Crippen molar-refractivity contribution in [3.05, 3.63) is 34.6 Å². The number of hydrogen-bond donors (Lipinski definition) is 1. The van der Waals surface area contributed by atoms with E-state index >= 15 is 0 Å². The lowest BCUT2D eigenvalue weighted by Gasteiger charge is -2.07. The molecule has 3 heteroatoms. The minimum atomic E-state index is -0.415. The van der Waals surface area contributed by atoms with E-state index in [1.165, 1.54) is 6.07 Å². The quantitative estimate of drug-likeness (QED) is 0.694. The fourth-order valence-corrected chi connectivity index (χ4v) is 1.17. The van der Waals surface area contributed by atoms with Crippen molar-refractivity contribution in [3.63, 3.8) is 0 Å². The number of hydrogen-bond acceptors (Lipinski definition) is 1. The Kier molecular flexibility index (Phi) is 2.47. The van der Waals surface area contributed by atoms with Gasteiger partial charge in [-0.25, -0.2) is 4.39 Å². The maximum Gasteiger partial charge on any atom is 0.142 e. The van der Waals surface area contributed by atoms with Gasteiger partial charge in [-0.1, -0.05) is 23.7 Å². The van der Waals surface area contributed by atoms with Gasteiger partial charge in [-0.05, 0) is 18.6 Å². The second-order valence-corrected chi connectivity index (χ2v) is 2.81. The zero-order chi connectivity index (χ0) is 8.43. The first-order valence-corrected chi connectivity index (χ1v) is 3.70. The average molecular weight is 174 g/mol. The van der Waals surface area contributed by atoms with Gasteiger partial charge in [0.2, 0.25) is 0 Å². The molecule has 0 spiro atoms. The van der Waals surface area contributed by atoms with Crippen LogP contribution in [0, 0.1) is 5.82 Å². The smallest absolute Gasteiger partial charge is 0.142 e. The molecule has 0 fully saturated rings. The van der Waals surface area contributed by atoms with Gasteiger partial charge < -0.3 is 5.73 Å². The van der Waals surface area contributed by atoms with E-state index in [4.69, 9.17) is 17.3 Å². The molecule has 0 bridgehead atoms. The van der Waals surface area contributed by atoms with Crippen LogP contribution in [0.3, 0.4) is 0 Å². The third-order valence-electron chi connectivity index (χ3n) is 1.47. The molecule has 0 saturated carbocycles. The summed E-state index contributed by atoms with van der Waals surface area (Å²) in [6, 6.07) is 4.41. The fourth-order valence-electron chi connectivity index (χ4n) is 0.872. The zero-order valence-corrected chi connectivity index (χ0v) is 6.90. The molecular weight excluding hydrogens is 165 g/mol. The molecule has 0 aliphatic heterocycles. The van der Waals surface area contributed by atoms with Gasteiger partial charge >= 0.3 is 0 Å². The summed E-state index contributed by atoms with van der Waals surface area (Å²) in [5.74, 6) is -0.415. The zero-order valence-electron chi connectivity index (χ0n) is 6.14. The van der Waals surface area contributed by atoms with Gasteiger partial charge in [0, 0.05) is 6.04 Å². The number of halogens is 2. The Bertz CT molecular complexity index is 260. The predicted octanol–water partition coefficient (Wildman–Crippen LogP) is 2.50. The van der Waals surface area contributed by atoms with Crippen molar-refractivity contribution in [3.8, 4) is 0 Å². The Balaban J connectivity index is 3.17. The Morgan fingerprint density at radius 1 is 1.55 bits per heavy atom. The molecule has 0 aliphatic rings. The van der Waals surface area contributed by atoms with E-state index in [2.05, 4.69) is 0 Å². The van der Waals surface area contributed by atoms with Crippen LogP contribution >= 0.6 is 11.6 Å². The Hall–Kier alpha value is -0.600. The van der Waals surface area contributed by atoms with E-state index in [0.29, 0.717) is 5.56 Å². The predicted molar refractivity (Wildman–Crippen MR) is 44.0 cm³/mol. The summed E-state index contributed by atoms with van der Waals surface area (Å²) in [7, 11) is 0. The maximum absolute atomic E-state index is 12.8. The highest BCUT2D eigenvalue weighted by atomic mass is 35.5. The Labute approximate surface area is 70.0 Å². The van der Waals surface area contributed by atoms with E-state index < -0.39 is 5.82 Å². The molecule has 60 valence electrons. The highest BCUT2D eigenvalue weighted by Gasteiger charge is 2.07. The molecule has 0 saturated heterocycles. The fraction of sp³-hybridized carbons (Fsp3) is 0.250. The molecule has 1 nitrogen and oxygen atoms in total. The van der Waals surface area contributed by atoms with Crippen molar-refractivity contribution < 1.29 is 4.39 Å². The van der Waals surface area contributed by atoms with Gasteiger partial charge in [0.25, 0.3) is 0 Å². The van der Waals surface area contributed by atoms with Crippen LogP contribution in [-0.2, 0) is 0 Å². The minimum Gasteiger partial charge on any atom is -0.324 e. The summed E-state index contributed by atoms with van der Waals surface area (Å²) in [5, 5.41) is 0.127. The molecule has 1 aromatic rings. The molecule has 1 aromatic carbocycles. The van der Waals surface area contributed by atoms with E-state index in [1.54, 1.807) is 19.1 Å². The molecule has 0 amide bonds. The van der Waals surface area contributed by atoms with Crippen LogP contribution in [0.15, 0.2) is 18.2 Å². The highest BCUT2D eigenvalue weighted by Crippen LogP contribution is 2.23. The summed E-state index contributed by atoms with van der Waals surface area (Å²) in [6.45, 7) is 1.76. The van der Waals surface area contributed by atoms with Gasteiger partial charge in [-0.3, -0.25) is 0 Å². The van der Waals surface area contributed by atoms with E-state index in [0.717, 1.165) is 0 Å². The topological polar surface area (TPSA) is 26.0 Å². The molecule has 0 aliphatic carbocycles. The third-order valence-corrected chi connectivity index (χ3v) is 1.87. The van der Waals surface area contributed by atoms with Crippen molar-refractivity contribution in [1.29, 1.82) is 0 Å². The summed E-state index contributed by atoms with van der Waals surface area (Å²) in [4.78, 5) is 0. The van der Waals surface area contributed by atoms with Crippen LogP contribution in [-0.4, -0.2) is 0 Å². The molecule has 2 N–H and O–H groups in total. The lowest BCUT2D eigenvalue weighted by atomic mass is 10.1. The second kappa shape index (κ2) is 3.20. The van der Waals surface area contributed by atoms with Gasteiger partial charge in [-0.2, -0.15) is 0 Å². The average Bonchev–Trinajstić information content (AvgIpc) is 1.94. The molecular formula is C8H9ClFN. The van der Waals surface area contributed by atoms with Crippen LogP contribution in [0.4, 0.5) is 4.39 Å². The van der Waals surface area contributed by atoms with E-state index in [9.17, 15) is 4.39 Å². The number of rotatable bonds is 1. The first-order valence-electron chi connectivity index (χ1n) is 3.32. The molecule has 0 heterocycles. The summed E-state index contributed by atoms with van der Waals surface area (Å²) >= 11 is 5.63. The molecule has 1 atom stereocenters. The van der Waals surface area contributed by atoms with Crippen LogP contribution in [0.2, 0.25) is 5.02 Å². The lowest BCUT2D eigenvalue weighted by Crippen LogP contribution is -2.05. The van der Waals surface area contributed by atoms with Crippen LogP contribution in [0.5, 0.6) is 0 Å². The summed E-state index contributed by atoms with van der Waals surface area (Å²) < 4.78 is 12.8. The standard InChI is InChI=1S/C8H9ClFN/c1-5(11)6-3-2-4-7(10)8(6)9/h2-5H,11H2,1H3/t5-/m1/s1. The van der Waals surface area contributed by atoms with Crippen molar-refractivity contribution in [2.45, 2.75) is 13.0 Å². The van der Waals surface area contributed by atoms with Gasteiger partial charge in [0.1, 0.15) is 5.82 Å². The van der Waals surface area contributed by atoms with Crippen molar-refractivity contribution in [1.82, 2.24) is 0 Å².